The Hall–Kier alpha value is -1.33. The first kappa shape index (κ1) is 13.1. The molecule has 96 valence electrons. The Kier molecular flexibility index (Phi) is 4.38. The third-order valence-electron chi connectivity index (χ3n) is 2.51. The molecule has 0 unspecified atom stereocenters. The summed E-state index contributed by atoms with van der Waals surface area (Å²) in [5.74, 6) is 0.665. The Morgan fingerprint density at radius 1 is 1.33 bits per heavy atom. The highest BCUT2D eigenvalue weighted by molar-refractivity contribution is 7.15. The van der Waals surface area contributed by atoms with Gasteiger partial charge in [0, 0.05) is 23.8 Å². The van der Waals surface area contributed by atoms with Crippen LogP contribution in [0.5, 0.6) is 0 Å². The molecular weight excluding hydrogens is 244 g/mol. The van der Waals surface area contributed by atoms with E-state index in [1.165, 1.54) is 4.88 Å². The van der Waals surface area contributed by atoms with Crippen LogP contribution in [0.4, 0.5) is 0 Å². The van der Waals surface area contributed by atoms with Crippen LogP contribution in [0.3, 0.4) is 0 Å². The lowest BCUT2D eigenvalue weighted by Crippen LogP contribution is -2.18. The number of thiazole rings is 1. The van der Waals surface area contributed by atoms with E-state index in [1.54, 1.807) is 29.9 Å². The van der Waals surface area contributed by atoms with Gasteiger partial charge in [-0.3, -0.25) is 9.97 Å². The van der Waals surface area contributed by atoms with Gasteiger partial charge in [-0.1, -0.05) is 13.8 Å². The standard InChI is InChI=1S/C13H18N4S/c1-9(2)6-15-8-12-10(3)17-13(18-12)11-7-14-4-5-16-11/h4-5,7,9,15H,6,8H2,1-3H3. The van der Waals surface area contributed by atoms with Gasteiger partial charge >= 0.3 is 0 Å². The maximum atomic E-state index is 4.55. The van der Waals surface area contributed by atoms with Crippen LogP contribution in [-0.4, -0.2) is 21.5 Å². The van der Waals surface area contributed by atoms with Gasteiger partial charge in [-0.05, 0) is 19.4 Å². The number of hydrogen-bond donors (Lipinski definition) is 1. The van der Waals surface area contributed by atoms with Gasteiger partial charge in [0.2, 0.25) is 0 Å². The van der Waals surface area contributed by atoms with Crippen molar-refractivity contribution in [1.82, 2.24) is 20.3 Å². The molecule has 0 atom stereocenters. The predicted octanol–water partition coefficient (Wildman–Crippen LogP) is 2.65. The van der Waals surface area contributed by atoms with Gasteiger partial charge in [0.25, 0.3) is 0 Å². The Morgan fingerprint density at radius 2 is 2.17 bits per heavy atom. The minimum absolute atomic E-state index is 0.665. The monoisotopic (exact) mass is 262 g/mol. The maximum absolute atomic E-state index is 4.55. The number of aryl methyl sites for hydroxylation is 1. The van der Waals surface area contributed by atoms with Gasteiger partial charge in [-0.15, -0.1) is 11.3 Å². The molecular formula is C13H18N4S. The van der Waals surface area contributed by atoms with E-state index in [-0.39, 0.29) is 0 Å². The fourth-order valence-corrected chi connectivity index (χ4v) is 2.58. The van der Waals surface area contributed by atoms with Crippen molar-refractivity contribution in [1.29, 1.82) is 0 Å². The lowest BCUT2D eigenvalue weighted by atomic mass is 10.2. The number of nitrogens with zero attached hydrogens (tertiary/aromatic N) is 3. The Bertz CT molecular complexity index is 493. The molecule has 0 aliphatic carbocycles. The molecule has 5 heteroatoms. The molecule has 2 rings (SSSR count). The summed E-state index contributed by atoms with van der Waals surface area (Å²) in [5, 5.41) is 4.39. The molecule has 0 saturated heterocycles. The molecule has 0 bridgehead atoms. The van der Waals surface area contributed by atoms with Crippen LogP contribution in [0.1, 0.15) is 24.4 Å². The smallest absolute Gasteiger partial charge is 0.144 e. The summed E-state index contributed by atoms with van der Waals surface area (Å²) in [6, 6.07) is 0. The molecule has 0 aliphatic rings. The zero-order valence-corrected chi connectivity index (χ0v) is 11.8. The van der Waals surface area contributed by atoms with E-state index in [1.807, 2.05) is 6.92 Å². The maximum Gasteiger partial charge on any atom is 0.144 e. The summed E-state index contributed by atoms with van der Waals surface area (Å²) in [5.41, 5.74) is 1.93. The van der Waals surface area contributed by atoms with Gasteiger partial charge in [0.05, 0.1) is 11.9 Å². The van der Waals surface area contributed by atoms with Crippen molar-refractivity contribution in [3.63, 3.8) is 0 Å². The van der Waals surface area contributed by atoms with Crippen molar-refractivity contribution in [2.24, 2.45) is 5.92 Å². The molecule has 0 aliphatic heterocycles. The normalized spacial score (nSPS) is 11.1. The third kappa shape index (κ3) is 3.34. The molecule has 2 heterocycles. The van der Waals surface area contributed by atoms with Gasteiger partial charge in [-0.25, -0.2) is 4.98 Å². The molecule has 18 heavy (non-hydrogen) atoms. The number of hydrogen-bond acceptors (Lipinski definition) is 5. The van der Waals surface area contributed by atoms with Crippen LogP contribution in [0.15, 0.2) is 18.6 Å². The fourth-order valence-electron chi connectivity index (χ4n) is 1.59. The van der Waals surface area contributed by atoms with E-state index in [4.69, 9.17) is 0 Å². The zero-order valence-electron chi connectivity index (χ0n) is 11.0. The third-order valence-corrected chi connectivity index (χ3v) is 3.69. The van der Waals surface area contributed by atoms with Crippen molar-refractivity contribution >= 4 is 11.3 Å². The van der Waals surface area contributed by atoms with Crippen LogP contribution in [0, 0.1) is 12.8 Å². The SMILES string of the molecule is Cc1nc(-c2cnccn2)sc1CNCC(C)C. The summed E-state index contributed by atoms with van der Waals surface area (Å²) in [7, 11) is 0. The molecule has 1 N–H and O–H groups in total. The number of rotatable bonds is 5. The Balaban J connectivity index is 2.08. The van der Waals surface area contributed by atoms with Gasteiger partial charge < -0.3 is 5.32 Å². The van der Waals surface area contributed by atoms with Crippen LogP contribution < -0.4 is 5.32 Å². The van der Waals surface area contributed by atoms with Crippen molar-refractivity contribution in [2.75, 3.05) is 6.54 Å². The molecule has 0 amide bonds. The van der Waals surface area contributed by atoms with Gasteiger partial charge in [-0.2, -0.15) is 0 Å². The summed E-state index contributed by atoms with van der Waals surface area (Å²) in [4.78, 5) is 14.2. The second kappa shape index (κ2) is 6.02. The number of nitrogens with one attached hydrogen (secondary N) is 1. The molecule has 4 nitrogen and oxygen atoms in total. The Morgan fingerprint density at radius 3 is 2.83 bits per heavy atom. The summed E-state index contributed by atoms with van der Waals surface area (Å²) >= 11 is 1.69. The topological polar surface area (TPSA) is 50.7 Å². The fraction of sp³-hybridized carbons (Fsp3) is 0.462. The lowest BCUT2D eigenvalue weighted by Gasteiger charge is -2.05. The van der Waals surface area contributed by atoms with E-state index in [2.05, 4.69) is 34.1 Å². The van der Waals surface area contributed by atoms with Gasteiger partial charge in [0.15, 0.2) is 0 Å². The van der Waals surface area contributed by atoms with Crippen LogP contribution in [0.2, 0.25) is 0 Å². The van der Waals surface area contributed by atoms with E-state index in [0.29, 0.717) is 5.92 Å². The minimum atomic E-state index is 0.665. The van der Waals surface area contributed by atoms with E-state index in [9.17, 15) is 0 Å². The first-order valence-electron chi connectivity index (χ1n) is 6.10. The summed E-state index contributed by atoms with van der Waals surface area (Å²) in [6.07, 6.45) is 5.13. The second-order valence-corrected chi connectivity index (χ2v) is 5.73. The average Bonchev–Trinajstić information content (AvgIpc) is 2.72. The highest BCUT2D eigenvalue weighted by Gasteiger charge is 2.10. The van der Waals surface area contributed by atoms with Gasteiger partial charge in [0.1, 0.15) is 10.7 Å². The van der Waals surface area contributed by atoms with Crippen molar-refractivity contribution in [3.8, 4) is 10.7 Å². The molecule has 0 fully saturated rings. The predicted molar refractivity (Wildman–Crippen MR) is 74.4 cm³/mol. The quantitative estimate of drug-likeness (QED) is 0.900. The lowest BCUT2D eigenvalue weighted by molar-refractivity contribution is 0.554. The second-order valence-electron chi connectivity index (χ2n) is 4.64. The zero-order chi connectivity index (χ0) is 13.0. The van der Waals surface area contributed by atoms with Crippen LogP contribution in [-0.2, 0) is 6.54 Å². The highest BCUT2D eigenvalue weighted by Crippen LogP contribution is 2.25. The largest absolute Gasteiger partial charge is 0.312 e. The van der Waals surface area contributed by atoms with E-state index < -0.39 is 0 Å². The Labute approximate surface area is 112 Å². The summed E-state index contributed by atoms with van der Waals surface area (Å²) < 4.78 is 0. The van der Waals surface area contributed by atoms with Crippen LogP contribution in [0.25, 0.3) is 10.7 Å². The summed E-state index contributed by atoms with van der Waals surface area (Å²) in [6.45, 7) is 8.36. The van der Waals surface area contributed by atoms with Crippen molar-refractivity contribution in [2.45, 2.75) is 27.3 Å². The molecule has 0 saturated carbocycles. The number of aromatic nitrogens is 3. The molecule has 2 aromatic rings. The van der Waals surface area contributed by atoms with Crippen molar-refractivity contribution < 1.29 is 0 Å². The highest BCUT2D eigenvalue weighted by atomic mass is 32.1. The first-order chi connectivity index (χ1) is 8.66. The van der Waals surface area contributed by atoms with Crippen LogP contribution >= 0.6 is 11.3 Å². The average molecular weight is 262 g/mol. The minimum Gasteiger partial charge on any atom is -0.312 e. The van der Waals surface area contributed by atoms with E-state index in [0.717, 1.165) is 29.5 Å². The molecule has 0 radical (unpaired) electrons. The molecule has 2 aromatic heterocycles. The van der Waals surface area contributed by atoms with Crippen molar-refractivity contribution in [3.05, 3.63) is 29.2 Å². The molecule has 0 aromatic carbocycles. The van der Waals surface area contributed by atoms with E-state index >= 15 is 0 Å². The molecule has 0 spiro atoms. The first-order valence-corrected chi connectivity index (χ1v) is 6.92.